The summed E-state index contributed by atoms with van der Waals surface area (Å²) in [5, 5.41) is 0. The summed E-state index contributed by atoms with van der Waals surface area (Å²) in [7, 11) is 1.83. The van der Waals surface area contributed by atoms with Crippen LogP contribution in [-0.2, 0) is 4.74 Å². The van der Waals surface area contributed by atoms with E-state index >= 15 is 0 Å². The van der Waals surface area contributed by atoms with E-state index in [2.05, 4.69) is 0 Å². The summed E-state index contributed by atoms with van der Waals surface area (Å²) in [6.45, 7) is 0.800. The molecule has 2 atom stereocenters. The topological polar surface area (TPSA) is 18.5 Å². The zero-order valence-electron chi connectivity index (χ0n) is 10.6. The SMILES string of the molecule is COC1CCCCC1CCOc1ccccc1. The number of ether oxygens (including phenoxy) is 2. The van der Waals surface area contributed by atoms with Gasteiger partial charge in [-0.25, -0.2) is 0 Å². The summed E-state index contributed by atoms with van der Waals surface area (Å²) < 4.78 is 11.3. The molecule has 1 aliphatic carbocycles. The third-order valence-corrected chi connectivity index (χ3v) is 3.64. The van der Waals surface area contributed by atoms with E-state index in [0.717, 1.165) is 18.8 Å². The molecule has 0 aromatic heterocycles. The average molecular weight is 234 g/mol. The van der Waals surface area contributed by atoms with E-state index in [-0.39, 0.29) is 0 Å². The molecule has 0 spiro atoms. The van der Waals surface area contributed by atoms with Crippen LogP contribution < -0.4 is 4.74 Å². The van der Waals surface area contributed by atoms with Crippen LogP contribution >= 0.6 is 0 Å². The molecule has 1 aromatic rings. The van der Waals surface area contributed by atoms with Crippen LogP contribution in [0, 0.1) is 5.92 Å². The van der Waals surface area contributed by atoms with Gasteiger partial charge in [0.25, 0.3) is 0 Å². The lowest BCUT2D eigenvalue weighted by molar-refractivity contribution is 0.0154. The fourth-order valence-corrected chi connectivity index (χ4v) is 2.66. The highest BCUT2D eigenvalue weighted by Gasteiger charge is 2.24. The Bertz CT molecular complexity index is 310. The molecule has 2 rings (SSSR count). The summed E-state index contributed by atoms with van der Waals surface area (Å²) in [5.41, 5.74) is 0. The van der Waals surface area contributed by atoms with Crippen LogP contribution in [0.3, 0.4) is 0 Å². The van der Waals surface area contributed by atoms with Crippen LogP contribution in [0.2, 0.25) is 0 Å². The van der Waals surface area contributed by atoms with Crippen LogP contribution in [0.1, 0.15) is 32.1 Å². The van der Waals surface area contributed by atoms with Gasteiger partial charge in [0.05, 0.1) is 12.7 Å². The average Bonchev–Trinajstić information content (AvgIpc) is 2.40. The molecule has 1 aliphatic rings. The Morgan fingerprint density at radius 1 is 1.12 bits per heavy atom. The molecule has 0 heterocycles. The van der Waals surface area contributed by atoms with Gasteiger partial charge in [-0.05, 0) is 37.3 Å². The minimum absolute atomic E-state index is 0.447. The van der Waals surface area contributed by atoms with E-state index in [1.54, 1.807) is 0 Å². The Morgan fingerprint density at radius 2 is 1.88 bits per heavy atom. The molecular weight excluding hydrogens is 212 g/mol. The summed E-state index contributed by atoms with van der Waals surface area (Å²) in [6, 6.07) is 10.0. The number of benzene rings is 1. The first-order valence-electron chi connectivity index (χ1n) is 6.61. The van der Waals surface area contributed by atoms with Crippen molar-refractivity contribution < 1.29 is 9.47 Å². The number of rotatable bonds is 5. The molecule has 2 nitrogen and oxygen atoms in total. The minimum atomic E-state index is 0.447. The molecule has 0 aliphatic heterocycles. The van der Waals surface area contributed by atoms with Crippen LogP contribution in [0.5, 0.6) is 5.75 Å². The largest absolute Gasteiger partial charge is 0.494 e. The molecule has 0 N–H and O–H groups in total. The van der Waals surface area contributed by atoms with Gasteiger partial charge in [0.15, 0.2) is 0 Å². The van der Waals surface area contributed by atoms with Gasteiger partial charge in [-0.15, -0.1) is 0 Å². The molecule has 0 amide bonds. The molecule has 0 saturated heterocycles. The summed E-state index contributed by atoms with van der Waals surface area (Å²) in [5.74, 6) is 1.65. The molecule has 0 bridgehead atoms. The van der Waals surface area contributed by atoms with E-state index in [4.69, 9.17) is 9.47 Å². The van der Waals surface area contributed by atoms with Gasteiger partial charge in [-0.3, -0.25) is 0 Å². The van der Waals surface area contributed by atoms with Gasteiger partial charge in [0.2, 0.25) is 0 Å². The highest BCUT2D eigenvalue weighted by molar-refractivity contribution is 5.20. The Hall–Kier alpha value is -1.02. The van der Waals surface area contributed by atoms with Gasteiger partial charge in [-0.2, -0.15) is 0 Å². The fourth-order valence-electron chi connectivity index (χ4n) is 2.66. The van der Waals surface area contributed by atoms with Gasteiger partial charge in [0.1, 0.15) is 5.75 Å². The van der Waals surface area contributed by atoms with Crippen molar-refractivity contribution in [1.82, 2.24) is 0 Å². The molecule has 94 valence electrons. The summed E-state index contributed by atoms with van der Waals surface area (Å²) in [4.78, 5) is 0. The van der Waals surface area contributed by atoms with Crippen LogP contribution in [0.4, 0.5) is 0 Å². The Labute approximate surface area is 104 Å². The molecule has 2 unspecified atom stereocenters. The van der Waals surface area contributed by atoms with E-state index in [9.17, 15) is 0 Å². The molecule has 0 radical (unpaired) electrons. The lowest BCUT2D eigenvalue weighted by atomic mass is 9.84. The number of methoxy groups -OCH3 is 1. The Morgan fingerprint density at radius 3 is 2.65 bits per heavy atom. The van der Waals surface area contributed by atoms with Crippen LogP contribution in [0.25, 0.3) is 0 Å². The van der Waals surface area contributed by atoms with Gasteiger partial charge < -0.3 is 9.47 Å². The van der Waals surface area contributed by atoms with Crippen LogP contribution in [0.15, 0.2) is 30.3 Å². The highest BCUT2D eigenvalue weighted by Crippen LogP contribution is 2.29. The lowest BCUT2D eigenvalue weighted by Crippen LogP contribution is -2.28. The van der Waals surface area contributed by atoms with Gasteiger partial charge in [0, 0.05) is 7.11 Å². The van der Waals surface area contributed by atoms with Crippen molar-refractivity contribution >= 4 is 0 Å². The van der Waals surface area contributed by atoms with E-state index in [1.807, 2.05) is 37.4 Å². The predicted octanol–water partition coefficient (Wildman–Crippen LogP) is 3.66. The smallest absolute Gasteiger partial charge is 0.119 e. The quantitative estimate of drug-likeness (QED) is 0.774. The van der Waals surface area contributed by atoms with Crippen molar-refractivity contribution in [3.05, 3.63) is 30.3 Å². The van der Waals surface area contributed by atoms with Gasteiger partial charge >= 0.3 is 0 Å². The Kier molecular flexibility index (Phi) is 4.87. The molecule has 2 heteroatoms. The molecule has 1 saturated carbocycles. The second-order valence-electron chi connectivity index (χ2n) is 4.77. The van der Waals surface area contributed by atoms with Crippen molar-refractivity contribution in [2.75, 3.05) is 13.7 Å². The van der Waals surface area contributed by atoms with Gasteiger partial charge in [-0.1, -0.05) is 31.0 Å². The van der Waals surface area contributed by atoms with E-state index in [0.29, 0.717) is 12.0 Å². The van der Waals surface area contributed by atoms with Crippen molar-refractivity contribution in [2.24, 2.45) is 5.92 Å². The number of hydrogen-bond donors (Lipinski definition) is 0. The third kappa shape index (κ3) is 3.74. The molecule has 1 aromatic carbocycles. The highest BCUT2D eigenvalue weighted by atomic mass is 16.5. The zero-order valence-corrected chi connectivity index (χ0v) is 10.6. The maximum absolute atomic E-state index is 5.75. The second-order valence-corrected chi connectivity index (χ2v) is 4.77. The van der Waals surface area contributed by atoms with Crippen molar-refractivity contribution in [1.29, 1.82) is 0 Å². The monoisotopic (exact) mass is 234 g/mol. The lowest BCUT2D eigenvalue weighted by Gasteiger charge is -2.30. The standard InChI is InChI=1S/C15H22O2/c1-16-15-10-6-5-7-13(15)11-12-17-14-8-3-2-4-9-14/h2-4,8-9,13,15H,5-7,10-12H2,1H3. The molecular formula is C15H22O2. The number of hydrogen-bond acceptors (Lipinski definition) is 2. The third-order valence-electron chi connectivity index (χ3n) is 3.64. The van der Waals surface area contributed by atoms with Crippen molar-refractivity contribution in [2.45, 2.75) is 38.2 Å². The normalized spacial score (nSPS) is 24.5. The van der Waals surface area contributed by atoms with Crippen molar-refractivity contribution in [3.8, 4) is 5.75 Å². The van der Waals surface area contributed by atoms with Crippen molar-refractivity contribution in [3.63, 3.8) is 0 Å². The zero-order chi connectivity index (χ0) is 11.9. The minimum Gasteiger partial charge on any atom is -0.494 e. The maximum atomic E-state index is 5.75. The predicted molar refractivity (Wildman–Crippen MR) is 69.3 cm³/mol. The first kappa shape index (κ1) is 12.4. The number of para-hydroxylation sites is 1. The second kappa shape index (κ2) is 6.65. The summed E-state index contributed by atoms with van der Waals surface area (Å²) >= 11 is 0. The Balaban J connectivity index is 1.74. The molecule has 1 fully saturated rings. The van der Waals surface area contributed by atoms with E-state index < -0.39 is 0 Å². The first-order chi connectivity index (χ1) is 8.40. The van der Waals surface area contributed by atoms with E-state index in [1.165, 1.54) is 25.7 Å². The summed E-state index contributed by atoms with van der Waals surface area (Å²) in [6.07, 6.45) is 6.71. The maximum Gasteiger partial charge on any atom is 0.119 e. The molecule has 17 heavy (non-hydrogen) atoms. The first-order valence-corrected chi connectivity index (χ1v) is 6.61. The fraction of sp³-hybridized carbons (Fsp3) is 0.600. The van der Waals surface area contributed by atoms with Crippen LogP contribution in [-0.4, -0.2) is 19.8 Å².